The molecule has 0 aromatic heterocycles. The lowest BCUT2D eigenvalue weighted by atomic mass is 10.1. The zero-order valence-corrected chi connectivity index (χ0v) is 11.3. The van der Waals surface area contributed by atoms with Crippen LogP contribution < -0.4 is 0 Å². The average molecular weight is 267 g/mol. The van der Waals surface area contributed by atoms with Gasteiger partial charge in [-0.3, -0.25) is 4.79 Å². The van der Waals surface area contributed by atoms with Crippen molar-refractivity contribution in [2.45, 2.75) is 18.6 Å². The van der Waals surface area contributed by atoms with Crippen molar-refractivity contribution in [2.24, 2.45) is 0 Å². The van der Waals surface area contributed by atoms with Gasteiger partial charge in [0.05, 0.1) is 0 Å². The number of phenols is 2. The highest BCUT2D eigenvalue weighted by molar-refractivity contribution is 8.00. The average Bonchev–Trinajstić information content (AvgIpc) is 2.25. The number of benzene rings is 1. The minimum absolute atomic E-state index is 0.0484. The third-order valence-corrected chi connectivity index (χ3v) is 4.16. The minimum Gasteiger partial charge on any atom is -0.508 e. The van der Waals surface area contributed by atoms with Gasteiger partial charge in [0.25, 0.3) is 5.91 Å². The predicted molar refractivity (Wildman–Crippen MR) is 72.2 cm³/mol. The number of carbonyl (C=O) groups excluding carboxylic acids is 1. The summed E-state index contributed by atoms with van der Waals surface area (Å²) in [6.07, 6.45) is 0. The van der Waals surface area contributed by atoms with E-state index in [4.69, 9.17) is 0 Å². The van der Waals surface area contributed by atoms with E-state index in [0.29, 0.717) is 18.7 Å². The zero-order valence-electron chi connectivity index (χ0n) is 10.5. The molecule has 0 aliphatic carbocycles. The van der Waals surface area contributed by atoms with Crippen molar-refractivity contribution in [3.63, 3.8) is 0 Å². The van der Waals surface area contributed by atoms with Gasteiger partial charge in [0.15, 0.2) is 0 Å². The number of carbonyl (C=O) groups is 1. The fourth-order valence-corrected chi connectivity index (χ4v) is 3.20. The third kappa shape index (κ3) is 2.90. The molecule has 1 saturated heterocycles. The van der Waals surface area contributed by atoms with Gasteiger partial charge in [0, 0.05) is 35.2 Å². The molecule has 18 heavy (non-hydrogen) atoms. The Morgan fingerprint density at radius 2 is 1.89 bits per heavy atom. The van der Waals surface area contributed by atoms with Crippen molar-refractivity contribution >= 4 is 17.7 Å². The topological polar surface area (TPSA) is 60.8 Å². The SMILES string of the molecule is CC1(C)CN(C(=O)c2cc(O)cc(O)c2)CCS1. The van der Waals surface area contributed by atoms with E-state index >= 15 is 0 Å². The van der Waals surface area contributed by atoms with Crippen molar-refractivity contribution in [3.8, 4) is 11.5 Å². The van der Waals surface area contributed by atoms with Gasteiger partial charge in [0.1, 0.15) is 11.5 Å². The molecule has 0 spiro atoms. The first-order chi connectivity index (χ1) is 8.37. The molecule has 1 amide bonds. The summed E-state index contributed by atoms with van der Waals surface area (Å²) in [6.45, 7) is 5.59. The van der Waals surface area contributed by atoms with Crippen molar-refractivity contribution < 1.29 is 15.0 Å². The van der Waals surface area contributed by atoms with E-state index in [2.05, 4.69) is 13.8 Å². The van der Waals surface area contributed by atoms with Gasteiger partial charge in [-0.05, 0) is 26.0 Å². The van der Waals surface area contributed by atoms with Gasteiger partial charge in [-0.2, -0.15) is 11.8 Å². The summed E-state index contributed by atoms with van der Waals surface area (Å²) in [5, 5.41) is 18.8. The smallest absolute Gasteiger partial charge is 0.254 e. The Balaban J connectivity index is 2.20. The number of phenolic OH excluding ortho intramolecular Hbond substituents is 2. The van der Waals surface area contributed by atoms with Crippen LogP contribution in [-0.2, 0) is 0 Å². The maximum absolute atomic E-state index is 12.3. The Morgan fingerprint density at radius 1 is 1.28 bits per heavy atom. The molecule has 0 saturated carbocycles. The van der Waals surface area contributed by atoms with Gasteiger partial charge in [0.2, 0.25) is 0 Å². The summed E-state index contributed by atoms with van der Waals surface area (Å²) in [6, 6.07) is 3.99. The maximum atomic E-state index is 12.3. The zero-order chi connectivity index (χ0) is 13.3. The van der Waals surface area contributed by atoms with E-state index in [1.807, 2.05) is 11.8 Å². The number of thioether (sulfide) groups is 1. The Morgan fingerprint density at radius 3 is 2.44 bits per heavy atom. The fourth-order valence-electron chi connectivity index (χ4n) is 2.09. The molecule has 98 valence electrons. The molecule has 1 heterocycles. The molecule has 1 fully saturated rings. The first kappa shape index (κ1) is 13.1. The number of rotatable bonds is 1. The van der Waals surface area contributed by atoms with Gasteiger partial charge in [-0.15, -0.1) is 0 Å². The number of amides is 1. The summed E-state index contributed by atoms with van der Waals surface area (Å²) < 4.78 is 0.0484. The Hall–Kier alpha value is -1.36. The van der Waals surface area contributed by atoms with Crippen molar-refractivity contribution in [2.75, 3.05) is 18.8 Å². The monoisotopic (exact) mass is 267 g/mol. The molecular weight excluding hydrogens is 250 g/mol. The highest BCUT2D eigenvalue weighted by atomic mass is 32.2. The van der Waals surface area contributed by atoms with Crippen LogP contribution in [0.5, 0.6) is 11.5 Å². The molecule has 2 N–H and O–H groups in total. The summed E-state index contributed by atoms with van der Waals surface area (Å²) in [5.41, 5.74) is 0.329. The second kappa shape index (κ2) is 4.72. The molecule has 0 atom stereocenters. The summed E-state index contributed by atoms with van der Waals surface area (Å²) >= 11 is 1.85. The second-order valence-corrected chi connectivity index (χ2v) is 6.88. The summed E-state index contributed by atoms with van der Waals surface area (Å²) in [5.74, 6) is 0.575. The van der Waals surface area contributed by atoms with Crippen LogP contribution in [0.4, 0.5) is 0 Å². The van der Waals surface area contributed by atoms with Crippen LogP contribution >= 0.6 is 11.8 Å². The molecule has 5 heteroatoms. The van der Waals surface area contributed by atoms with Gasteiger partial charge < -0.3 is 15.1 Å². The molecule has 0 bridgehead atoms. The summed E-state index contributed by atoms with van der Waals surface area (Å²) in [7, 11) is 0. The molecule has 2 rings (SSSR count). The van der Waals surface area contributed by atoms with Crippen LogP contribution in [-0.4, -0.2) is 44.6 Å². The Kier molecular flexibility index (Phi) is 3.43. The van der Waals surface area contributed by atoms with Gasteiger partial charge in [-0.25, -0.2) is 0 Å². The Bertz CT molecular complexity index is 453. The highest BCUT2D eigenvalue weighted by Crippen LogP contribution is 2.31. The van der Waals surface area contributed by atoms with Crippen LogP contribution in [0, 0.1) is 0 Å². The molecule has 1 aromatic carbocycles. The predicted octanol–water partition coefficient (Wildman–Crippen LogP) is 2.07. The van der Waals surface area contributed by atoms with E-state index < -0.39 is 0 Å². The first-order valence-corrected chi connectivity index (χ1v) is 6.82. The molecule has 0 radical (unpaired) electrons. The number of hydrogen-bond donors (Lipinski definition) is 2. The van der Waals surface area contributed by atoms with Crippen molar-refractivity contribution in [3.05, 3.63) is 23.8 Å². The lowest BCUT2D eigenvalue weighted by Crippen LogP contribution is -2.46. The molecular formula is C13H17NO3S. The number of hydrogen-bond acceptors (Lipinski definition) is 4. The number of nitrogens with zero attached hydrogens (tertiary/aromatic N) is 1. The van der Waals surface area contributed by atoms with E-state index in [9.17, 15) is 15.0 Å². The first-order valence-electron chi connectivity index (χ1n) is 5.84. The van der Waals surface area contributed by atoms with Crippen LogP contribution in [0.2, 0.25) is 0 Å². The van der Waals surface area contributed by atoms with Crippen LogP contribution in [0.1, 0.15) is 24.2 Å². The van der Waals surface area contributed by atoms with E-state index in [-0.39, 0.29) is 22.2 Å². The molecule has 4 nitrogen and oxygen atoms in total. The lowest BCUT2D eigenvalue weighted by molar-refractivity contribution is 0.0747. The quantitative estimate of drug-likeness (QED) is 0.817. The van der Waals surface area contributed by atoms with E-state index in [1.165, 1.54) is 18.2 Å². The van der Waals surface area contributed by atoms with Gasteiger partial charge in [-0.1, -0.05) is 0 Å². The molecule has 1 aliphatic rings. The molecule has 0 unspecified atom stereocenters. The minimum atomic E-state index is -0.144. The number of aromatic hydroxyl groups is 2. The third-order valence-electron chi connectivity index (χ3n) is 2.86. The summed E-state index contributed by atoms with van der Waals surface area (Å²) in [4.78, 5) is 14.1. The standard InChI is InChI=1S/C13H17NO3S/c1-13(2)8-14(3-4-18-13)12(17)9-5-10(15)7-11(16)6-9/h5-7,15-16H,3-4,8H2,1-2H3. The van der Waals surface area contributed by atoms with E-state index in [0.717, 1.165) is 5.75 Å². The maximum Gasteiger partial charge on any atom is 0.254 e. The normalized spacial score (nSPS) is 18.7. The second-order valence-electron chi connectivity index (χ2n) is 5.07. The van der Waals surface area contributed by atoms with Crippen molar-refractivity contribution in [1.82, 2.24) is 4.90 Å². The highest BCUT2D eigenvalue weighted by Gasteiger charge is 2.30. The molecule has 1 aromatic rings. The lowest BCUT2D eigenvalue weighted by Gasteiger charge is -2.37. The van der Waals surface area contributed by atoms with Crippen LogP contribution in [0.15, 0.2) is 18.2 Å². The van der Waals surface area contributed by atoms with Crippen LogP contribution in [0.3, 0.4) is 0 Å². The van der Waals surface area contributed by atoms with Crippen LogP contribution in [0.25, 0.3) is 0 Å². The fraction of sp³-hybridized carbons (Fsp3) is 0.462. The van der Waals surface area contributed by atoms with Gasteiger partial charge >= 0.3 is 0 Å². The Labute approximate surface area is 111 Å². The molecule has 1 aliphatic heterocycles. The van der Waals surface area contributed by atoms with Crippen molar-refractivity contribution in [1.29, 1.82) is 0 Å². The van der Waals surface area contributed by atoms with E-state index in [1.54, 1.807) is 4.90 Å². The largest absolute Gasteiger partial charge is 0.508 e.